The van der Waals surface area contributed by atoms with Gasteiger partial charge in [-0.3, -0.25) is 4.79 Å². The van der Waals surface area contributed by atoms with Gasteiger partial charge in [0.1, 0.15) is 12.9 Å². The Morgan fingerprint density at radius 2 is 1.94 bits per heavy atom. The zero-order valence-electron chi connectivity index (χ0n) is 10.0. The number of rotatable bonds is 4. The lowest BCUT2D eigenvalue weighted by atomic mass is 10.1. The van der Waals surface area contributed by atoms with Crippen LogP contribution in [-0.2, 0) is 6.61 Å². The van der Waals surface area contributed by atoms with E-state index in [0.717, 1.165) is 5.56 Å². The molecule has 3 heteroatoms. The summed E-state index contributed by atoms with van der Waals surface area (Å²) < 4.78 is 19.2. The minimum absolute atomic E-state index is 0.199. The molecule has 0 atom stereocenters. The molecule has 0 aliphatic heterocycles. The van der Waals surface area contributed by atoms with Crippen molar-refractivity contribution in [2.45, 2.75) is 13.5 Å². The maximum atomic E-state index is 13.7. The molecule has 2 nitrogen and oxygen atoms in total. The van der Waals surface area contributed by atoms with E-state index in [2.05, 4.69) is 0 Å². The molecule has 0 aliphatic carbocycles. The van der Waals surface area contributed by atoms with Gasteiger partial charge < -0.3 is 4.74 Å². The van der Waals surface area contributed by atoms with Crippen molar-refractivity contribution in [2.24, 2.45) is 0 Å². The zero-order chi connectivity index (χ0) is 13.0. The summed E-state index contributed by atoms with van der Waals surface area (Å²) in [6.45, 7) is 2.02. The molecule has 0 fully saturated rings. The third-order valence-corrected chi connectivity index (χ3v) is 2.61. The van der Waals surface area contributed by atoms with Gasteiger partial charge >= 0.3 is 0 Å². The van der Waals surface area contributed by atoms with Crippen LogP contribution in [-0.4, -0.2) is 6.29 Å². The van der Waals surface area contributed by atoms with Crippen molar-refractivity contribution in [1.82, 2.24) is 0 Å². The van der Waals surface area contributed by atoms with Gasteiger partial charge in [-0.15, -0.1) is 0 Å². The highest BCUT2D eigenvalue weighted by Crippen LogP contribution is 2.24. The summed E-state index contributed by atoms with van der Waals surface area (Å²) in [6, 6.07) is 12.3. The lowest BCUT2D eigenvalue weighted by Crippen LogP contribution is -2.00. The number of carbonyl (C=O) groups excluding carboxylic acids is 1. The van der Waals surface area contributed by atoms with Gasteiger partial charge in [-0.05, 0) is 30.2 Å². The Hall–Kier alpha value is -2.16. The molecule has 0 aromatic heterocycles. The number of aldehydes is 1. The molecule has 0 bridgehead atoms. The van der Waals surface area contributed by atoms with Crippen molar-refractivity contribution in [1.29, 1.82) is 0 Å². The van der Waals surface area contributed by atoms with E-state index < -0.39 is 5.82 Å². The van der Waals surface area contributed by atoms with Gasteiger partial charge in [-0.25, -0.2) is 4.39 Å². The molecule has 92 valence electrons. The van der Waals surface area contributed by atoms with Crippen LogP contribution in [0.5, 0.6) is 5.75 Å². The van der Waals surface area contributed by atoms with E-state index in [-0.39, 0.29) is 5.75 Å². The maximum Gasteiger partial charge on any atom is 0.166 e. The van der Waals surface area contributed by atoms with E-state index in [1.54, 1.807) is 13.0 Å². The van der Waals surface area contributed by atoms with Crippen LogP contribution in [0.3, 0.4) is 0 Å². The molecule has 0 radical (unpaired) electrons. The normalized spacial score (nSPS) is 10.1. The SMILES string of the molecule is Cc1cc(C=O)cc(F)c1OCc1ccccc1. The monoisotopic (exact) mass is 244 g/mol. The summed E-state index contributed by atoms with van der Waals surface area (Å²) in [4.78, 5) is 10.6. The highest BCUT2D eigenvalue weighted by Gasteiger charge is 2.09. The number of carbonyl (C=O) groups is 1. The molecule has 2 aromatic carbocycles. The number of ether oxygens (including phenoxy) is 1. The summed E-state index contributed by atoms with van der Waals surface area (Å²) in [6.07, 6.45) is 0.622. The highest BCUT2D eigenvalue weighted by atomic mass is 19.1. The van der Waals surface area contributed by atoms with Gasteiger partial charge in [0.05, 0.1) is 0 Å². The lowest BCUT2D eigenvalue weighted by Gasteiger charge is -2.10. The van der Waals surface area contributed by atoms with Crippen molar-refractivity contribution >= 4 is 6.29 Å². The second-order valence-electron chi connectivity index (χ2n) is 4.04. The summed E-state index contributed by atoms with van der Waals surface area (Å²) in [5.41, 5.74) is 1.90. The number of halogens is 1. The molecule has 0 N–H and O–H groups in total. The molecule has 0 amide bonds. The standard InChI is InChI=1S/C15H13FO2/c1-11-7-13(9-17)8-14(16)15(11)18-10-12-5-3-2-4-6-12/h2-9H,10H2,1H3. The second-order valence-corrected chi connectivity index (χ2v) is 4.04. The number of hydrogen-bond donors (Lipinski definition) is 0. The molecular weight excluding hydrogens is 231 g/mol. The van der Waals surface area contributed by atoms with Crippen LogP contribution < -0.4 is 4.74 Å². The van der Waals surface area contributed by atoms with Crippen LogP contribution in [0, 0.1) is 12.7 Å². The Morgan fingerprint density at radius 3 is 2.56 bits per heavy atom. The van der Waals surface area contributed by atoms with Crippen molar-refractivity contribution in [3.63, 3.8) is 0 Å². The average molecular weight is 244 g/mol. The van der Waals surface area contributed by atoms with Crippen LogP contribution in [0.2, 0.25) is 0 Å². The summed E-state index contributed by atoms with van der Waals surface area (Å²) >= 11 is 0. The molecular formula is C15H13FO2. The van der Waals surface area contributed by atoms with Crippen LogP contribution in [0.4, 0.5) is 4.39 Å². The Kier molecular flexibility index (Phi) is 3.72. The first-order valence-electron chi connectivity index (χ1n) is 5.63. The zero-order valence-corrected chi connectivity index (χ0v) is 10.0. The minimum Gasteiger partial charge on any atom is -0.486 e. The van der Waals surface area contributed by atoms with E-state index in [9.17, 15) is 9.18 Å². The smallest absolute Gasteiger partial charge is 0.166 e. The third kappa shape index (κ3) is 2.74. The predicted molar refractivity (Wildman–Crippen MR) is 67.3 cm³/mol. The topological polar surface area (TPSA) is 26.3 Å². The Balaban J connectivity index is 2.17. The Bertz CT molecular complexity index is 527. The van der Waals surface area contributed by atoms with E-state index in [1.165, 1.54) is 6.07 Å². The molecule has 0 spiro atoms. The van der Waals surface area contributed by atoms with Gasteiger partial charge in [0.2, 0.25) is 0 Å². The first-order valence-corrected chi connectivity index (χ1v) is 5.63. The molecule has 18 heavy (non-hydrogen) atoms. The third-order valence-electron chi connectivity index (χ3n) is 2.61. The van der Waals surface area contributed by atoms with Gasteiger partial charge in [0.25, 0.3) is 0 Å². The summed E-state index contributed by atoms with van der Waals surface area (Å²) in [5.74, 6) is -0.308. The van der Waals surface area contributed by atoms with E-state index in [1.807, 2.05) is 30.3 Å². The predicted octanol–water partition coefficient (Wildman–Crippen LogP) is 3.53. The van der Waals surface area contributed by atoms with Gasteiger partial charge in [-0.1, -0.05) is 30.3 Å². The van der Waals surface area contributed by atoms with Crippen LogP contribution in [0.15, 0.2) is 42.5 Å². The van der Waals surface area contributed by atoms with Gasteiger partial charge in [0.15, 0.2) is 11.6 Å². The van der Waals surface area contributed by atoms with E-state index >= 15 is 0 Å². The van der Waals surface area contributed by atoms with Gasteiger partial charge in [0, 0.05) is 5.56 Å². The molecule has 2 rings (SSSR count). The highest BCUT2D eigenvalue weighted by molar-refractivity contribution is 5.75. The number of aryl methyl sites for hydroxylation is 1. The summed E-state index contributed by atoms with van der Waals surface area (Å²) in [5, 5.41) is 0. The van der Waals surface area contributed by atoms with Gasteiger partial charge in [-0.2, -0.15) is 0 Å². The fourth-order valence-electron chi connectivity index (χ4n) is 1.74. The lowest BCUT2D eigenvalue weighted by molar-refractivity contribution is 0.112. The van der Waals surface area contributed by atoms with Crippen molar-refractivity contribution in [3.05, 3.63) is 65.0 Å². The van der Waals surface area contributed by atoms with E-state index in [0.29, 0.717) is 24.0 Å². The molecule has 0 saturated carbocycles. The average Bonchev–Trinajstić information content (AvgIpc) is 2.38. The molecule has 0 saturated heterocycles. The fraction of sp³-hybridized carbons (Fsp3) is 0.133. The quantitative estimate of drug-likeness (QED) is 0.769. The Labute approximate surface area is 105 Å². The van der Waals surface area contributed by atoms with Crippen molar-refractivity contribution in [2.75, 3.05) is 0 Å². The number of benzene rings is 2. The molecule has 0 unspecified atom stereocenters. The minimum atomic E-state index is -0.506. The number of hydrogen-bond acceptors (Lipinski definition) is 2. The molecule has 0 aliphatic rings. The van der Waals surface area contributed by atoms with Crippen LogP contribution in [0.1, 0.15) is 21.5 Å². The van der Waals surface area contributed by atoms with Crippen molar-refractivity contribution < 1.29 is 13.9 Å². The fourth-order valence-corrected chi connectivity index (χ4v) is 1.74. The van der Waals surface area contributed by atoms with Crippen molar-refractivity contribution in [3.8, 4) is 5.75 Å². The maximum absolute atomic E-state index is 13.7. The second kappa shape index (κ2) is 5.45. The molecule has 0 heterocycles. The van der Waals surface area contributed by atoms with Crippen LogP contribution in [0.25, 0.3) is 0 Å². The molecule has 2 aromatic rings. The first kappa shape index (κ1) is 12.3. The Morgan fingerprint density at radius 1 is 1.22 bits per heavy atom. The first-order chi connectivity index (χ1) is 8.70. The summed E-state index contributed by atoms with van der Waals surface area (Å²) in [7, 11) is 0. The van der Waals surface area contributed by atoms with E-state index in [4.69, 9.17) is 4.74 Å². The largest absolute Gasteiger partial charge is 0.486 e. The van der Waals surface area contributed by atoms with Crippen LogP contribution >= 0.6 is 0 Å².